The summed E-state index contributed by atoms with van der Waals surface area (Å²) in [4.78, 5) is 20.1. The Morgan fingerprint density at radius 1 is 0.966 bits per heavy atom. The number of hydrogen-bond acceptors (Lipinski definition) is 4. The quantitative estimate of drug-likeness (QED) is 0.791. The number of carbonyl (C=O) groups excluding carboxylic acids is 1. The zero-order valence-corrected chi connectivity index (χ0v) is 17.4. The Morgan fingerprint density at radius 3 is 2.55 bits per heavy atom. The van der Waals surface area contributed by atoms with Crippen molar-refractivity contribution >= 4 is 16.9 Å². The normalized spacial score (nSPS) is 25.1. The molecule has 3 aliphatic heterocycles. The van der Waals surface area contributed by atoms with Crippen LogP contribution in [-0.4, -0.2) is 65.9 Å². The van der Waals surface area contributed by atoms with E-state index in [0.717, 1.165) is 63.6 Å². The Bertz CT molecular complexity index is 801. The van der Waals surface area contributed by atoms with Crippen molar-refractivity contribution in [3.05, 3.63) is 36.1 Å². The van der Waals surface area contributed by atoms with Crippen molar-refractivity contribution in [2.75, 3.05) is 39.3 Å². The van der Waals surface area contributed by atoms with E-state index in [9.17, 15) is 4.79 Å². The van der Waals surface area contributed by atoms with Crippen LogP contribution in [0, 0.1) is 5.92 Å². The molecule has 5 rings (SSSR count). The molecule has 1 atom stereocenters. The predicted octanol–water partition coefficient (Wildman–Crippen LogP) is 3.73. The van der Waals surface area contributed by atoms with E-state index in [2.05, 4.69) is 32.9 Å². The van der Waals surface area contributed by atoms with E-state index in [0.29, 0.717) is 11.9 Å². The van der Waals surface area contributed by atoms with Crippen LogP contribution < -0.4 is 0 Å². The summed E-state index contributed by atoms with van der Waals surface area (Å²) in [6.45, 7) is 7.23. The molecule has 1 aromatic carbocycles. The fourth-order valence-electron chi connectivity index (χ4n) is 5.51. The van der Waals surface area contributed by atoms with Crippen LogP contribution in [-0.2, 0) is 11.3 Å². The van der Waals surface area contributed by atoms with Crippen LogP contribution in [0.25, 0.3) is 11.0 Å². The minimum absolute atomic E-state index is 0.232. The first kappa shape index (κ1) is 19.1. The lowest BCUT2D eigenvalue weighted by Crippen LogP contribution is -2.50. The molecule has 5 heteroatoms. The molecule has 4 heterocycles. The molecular weight excluding hydrogens is 362 g/mol. The van der Waals surface area contributed by atoms with E-state index in [1.807, 2.05) is 12.1 Å². The molecule has 0 spiro atoms. The summed E-state index contributed by atoms with van der Waals surface area (Å²) in [5.41, 5.74) is 0.986. The van der Waals surface area contributed by atoms with E-state index in [1.165, 1.54) is 37.5 Å². The van der Waals surface area contributed by atoms with Gasteiger partial charge in [-0.05, 0) is 57.2 Å². The number of furan rings is 1. The second-order valence-corrected chi connectivity index (χ2v) is 9.12. The van der Waals surface area contributed by atoms with E-state index < -0.39 is 0 Å². The van der Waals surface area contributed by atoms with Crippen LogP contribution >= 0.6 is 0 Å². The highest BCUT2D eigenvalue weighted by Gasteiger charge is 2.34. The number of para-hydroxylation sites is 1. The Kier molecular flexibility index (Phi) is 5.60. The fourth-order valence-corrected chi connectivity index (χ4v) is 5.51. The van der Waals surface area contributed by atoms with Gasteiger partial charge in [-0.25, -0.2) is 0 Å². The van der Waals surface area contributed by atoms with Gasteiger partial charge in [-0.3, -0.25) is 14.6 Å². The van der Waals surface area contributed by atoms with Crippen molar-refractivity contribution in [3.8, 4) is 0 Å². The number of hydrogen-bond donors (Lipinski definition) is 0. The van der Waals surface area contributed by atoms with Gasteiger partial charge in [-0.1, -0.05) is 18.2 Å². The number of piperidine rings is 2. The Balaban J connectivity index is 1.13. The maximum atomic E-state index is 12.8. The molecule has 2 aromatic rings. The number of rotatable bonds is 4. The number of carbonyl (C=O) groups is 1. The third-order valence-corrected chi connectivity index (χ3v) is 7.15. The van der Waals surface area contributed by atoms with Gasteiger partial charge in [0.1, 0.15) is 11.3 Å². The van der Waals surface area contributed by atoms with Crippen molar-refractivity contribution in [2.45, 2.75) is 51.1 Å². The number of fused-ring (bicyclic) bond motifs is 1. The summed E-state index contributed by atoms with van der Waals surface area (Å²) >= 11 is 0. The highest BCUT2D eigenvalue weighted by Crippen LogP contribution is 2.27. The van der Waals surface area contributed by atoms with Crippen LogP contribution in [0.4, 0.5) is 0 Å². The first-order chi connectivity index (χ1) is 14.3. The first-order valence-electron chi connectivity index (χ1n) is 11.5. The lowest BCUT2D eigenvalue weighted by Gasteiger charge is -2.42. The molecular formula is C24H33N3O2. The minimum Gasteiger partial charge on any atom is -0.460 e. The van der Waals surface area contributed by atoms with Gasteiger partial charge >= 0.3 is 0 Å². The van der Waals surface area contributed by atoms with E-state index in [-0.39, 0.29) is 5.92 Å². The molecule has 0 unspecified atom stereocenters. The van der Waals surface area contributed by atoms with Crippen molar-refractivity contribution in [2.24, 2.45) is 5.92 Å². The van der Waals surface area contributed by atoms with Crippen molar-refractivity contribution in [1.29, 1.82) is 0 Å². The Labute approximate surface area is 173 Å². The monoisotopic (exact) mass is 395 g/mol. The summed E-state index contributed by atoms with van der Waals surface area (Å²) in [5, 5.41) is 1.19. The SMILES string of the molecule is O=C([C@@H]1CCCN(C2CCN(Cc3cc4ccccc4o3)CC2)C1)N1CCCC1. The summed E-state index contributed by atoms with van der Waals surface area (Å²) in [6.07, 6.45) is 7.02. The van der Waals surface area contributed by atoms with Gasteiger partial charge in [0.2, 0.25) is 5.91 Å². The van der Waals surface area contributed by atoms with E-state index >= 15 is 0 Å². The molecule has 156 valence electrons. The lowest BCUT2D eigenvalue weighted by molar-refractivity contribution is -0.136. The molecule has 1 amide bonds. The third kappa shape index (κ3) is 4.22. The van der Waals surface area contributed by atoms with E-state index in [4.69, 9.17) is 4.42 Å². The molecule has 0 saturated carbocycles. The molecule has 0 aliphatic carbocycles. The van der Waals surface area contributed by atoms with Crippen LogP contribution in [0.5, 0.6) is 0 Å². The van der Waals surface area contributed by atoms with E-state index in [1.54, 1.807) is 0 Å². The average Bonchev–Trinajstić information content (AvgIpc) is 3.43. The lowest BCUT2D eigenvalue weighted by atomic mass is 9.93. The molecule has 3 aliphatic rings. The van der Waals surface area contributed by atoms with Gasteiger partial charge in [0.15, 0.2) is 0 Å². The molecule has 0 N–H and O–H groups in total. The summed E-state index contributed by atoms with van der Waals surface area (Å²) in [5.74, 6) is 1.73. The first-order valence-corrected chi connectivity index (χ1v) is 11.5. The number of benzene rings is 1. The molecule has 3 fully saturated rings. The smallest absolute Gasteiger partial charge is 0.226 e. The molecule has 5 nitrogen and oxygen atoms in total. The Hall–Kier alpha value is -1.85. The van der Waals surface area contributed by atoms with Gasteiger partial charge in [0.25, 0.3) is 0 Å². The van der Waals surface area contributed by atoms with Gasteiger partial charge < -0.3 is 9.32 Å². The van der Waals surface area contributed by atoms with Crippen molar-refractivity contribution < 1.29 is 9.21 Å². The molecule has 29 heavy (non-hydrogen) atoms. The number of nitrogens with zero attached hydrogens (tertiary/aromatic N) is 3. The summed E-state index contributed by atoms with van der Waals surface area (Å²) in [6, 6.07) is 11.1. The van der Waals surface area contributed by atoms with Gasteiger partial charge in [0.05, 0.1) is 12.5 Å². The van der Waals surface area contributed by atoms with Crippen molar-refractivity contribution in [3.63, 3.8) is 0 Å². The fraction of sp³-hybridized carbons (Fsp3) is 0.625. The van der Waals surface area contributed by atoms with Crippen molar-refractivity contribution in [1.82, 2.24) is 14.7 Å². The van der Waals surface area contributed by atoms with Gasteiger partial charge in [0, 0.05) is 44.2 Å². The molecule has 3 saturated heterocycles. The minimum atomic E-state index is 0.232. The second kappa shape index (κ2) is 8.49. The maximum absolute atomic E-state index is 12.8. The zero-order valence-electron chi connectivity index (χ0n) is 17.4. The van der Waals surface area contributed by atoms with Crippen LogP contribution in [0.15, 0.2) is 34.7 Å². The Morgan fingerprint density at radius 2 is 1.76 bits per heavy atom. The highest BCUT2D eigenvalue weighted by molar-refractivity contribution is 5.79. The van der Waals surface area contributed by atoms with Gasteiger partial charge in [-0.2, -0.15) is 0 Å². The highest BCUT2D eigenvalue weighted by atomic mass is 16.3. The standard InChI is InChI=1S/C24H33N3O2/c28-24(26-11-3-4-12-26)20-7-5-13-27(17-20)21-9-14-25(15-10-21)18-22-16-19-6-1-2-8-23(19)29-22/h1-2,6,8,16,20-21H,3-5,7,9-15,17-18H2/t20-/m1/s1. The maximum Gasteiger partial charge on any atom is 0.226 e. The topological polar surface area (TPSA) is 39.9 Å². The van der Waals surface area contributed by atoms with Crippen LogP contribution in [0.3, 0.4) is 0 Å². The molecule has 0 bridgehead atoms. The summed E-state index contributed by atoms with van der Waals surface area (Å²) in [7, 11) is 0. The second-order valence-electron chi connectivity index (χ2n) is 9.12. The largest absolute Gasteiger partial charge is 0.460 e. The van der Waals surface area contributed by atoms with Crippen LogP contribution in [0.2, 0.25) is 0 Å². The number of likely N-dealkylation sites (tertiary alicyclic amines) is 3. The molecule has 0 radical (unpaired) electrons. The van der Waals surface area contributed by atoms with Gasteiger partial charge in [-0.15, -0.1) is 0 Å². The summed E-state index contributed by atoms with van der Waals surface area (Å²) < 4.78 is 6.01. The number of amides is 1. The average molecular weight is 396 g/mol. The third-order valence-electron chi connectivity index (χ3n) is 7.15. The zero-order chi connectivity index (χ0) is 19.6. The van der Waals surface area contributed by atoms with Crippen LogP contribution in [0.1, 0.15) is 44.3 Å². The molecule has 1 aromatic heterocycles. The predicted molar refractivity (Wildman–Crippen MR) is 115 cm³/mol.